The largest absolute Gasteiger partial charge is 0.494 e. The third-order valence-electron chi connectivity index (χ3n) is 5.72. The van der Waals surface area contributed by atoms with E-state index in [1.807, 2.05) is 55.5 Å². The Kier molecular flexibility index (Phi) is 6.31. The first-order valence-corrected chi connectivity index (χ1v) is 11.7. The van der Waals surface area contributed by atoms with Crippen LogP contribution in [0.3, 0.4) is 0 Å². The summed E-state index contributed by atoms with van der Waals surface area (Å²) in [6, 6.07) is 22.7. The molecule has 8 heteroatoms. The van der Waals surface area contributed by atoms with E-state index in [1.165, 1.54) is 6.07 Å². The smallest absolute Gasteiger partial charge is 0.336 e. The molecule has 0 saturated carbocycles. The number of imidazole rings is 1. The minimum absolute atomic E-state index is 0.167. The molecule has 5 rings (SSSR count). The Morgan fingerprint density at radius 3 is 2.22 bits per heavy atom. The number of hydrogen-bond donors (Lipinski definition) is 2. The maximum absolute atomic E-state index is 11.4. The summed E-state index contributed by atoms with van der Waals surface area (Å²) in [4.78, 5) is 23.5. The third-order valence-corrected chi connectivity index (χ3v) is 6.00. The van der Waals surface area contributed by atoms with Crippen LogP contribution in [0, 0.1) is 6.92 Å². The van der Waals surface area contributed by atoms with Crippen LogP contribution in [0.2, 0.25) is 5.02 Å². The van der Waals surface area contributed by atoms with Crippen LogP contribution in [-0.2, 0) is 0 Å². The zero-order valence-electron chi connectivity index (χ0n) is 19.6. The number of halogens is 1. The number of nitrogens with zero attached hydrogens (tertiary/aromatic N) is 2. The minimum Gasteiger partial charge on any atom is -0.494 e. The van der Waals surface area contributed by atoms with Gasteiger partial charge in [0.15, 0.2) is 5.65 Å². The maximum atomic E-state index is 11.4. The molecule has 0 spiro atoms. The van der Waals surface area contributed by atoms with Crippen molar-refractivity contribution in [1.82, 2.24) is 15.0 Å². The molecular weight excluding hydrogens is 478 g/mol. The van der Waals surface area contributed by atoms with Gasteiger partial charge in [0.1, 0.15) is 11.5 Å². The number of aromatic carboxylic acids is 1. The van der Waals surface area contributed by atoms with Gasteiger partial charge in [0, 0.05) is 5.56 Å². The lowest BCUT2D eigenvalue weighted by Crippen LogP contribution is -2.00. The molecule has 0 amide bonds. The minimum atomic E-state index is -1.02. The highest BCUT2D eigenvalue weighted by molar-refractivity contribution is 6.33. The molecule has 0 atom stereocenters. The summed E-state index contributed by atoms with van der Waals surface area (Å²) in [7, 11) is 0. The highest BCUT2D eigenvalue weighted by atomic mass is 35.5. The van der Waals surface area contributed by atoms with Crippen LogP contribution in [0.15, 0.2) is 72.8 Å². The Morgan fingerprint density at radius 2 is 1.56 bits per heavy atom. The SMILES string of the molecule is CCOc1ccc(-c2ccc(-c3nc4nc(Oc5ccc(C)c(C(=O)O)c5)[nH]c4cc3Cl)cc2)cc1. The maximum Gasteiger partial charge on any atom is 0.336 e. The molecule has 0 unspecified atom stereocenters. The van der Waals surface area contributed by atoms with Crippen molar-refractivity contribution in [3.05, 3.63) is 88.9 Å². The zero-order valence-corrected chi connectivity index (χ0v) is 20.3. The fraction of sp³-hybridized carbons (Fsp3) is 0.107. The summed E-state index contributed by atoms with van der Waals surface area (Å²) < 4.78 is 11.3. The lowest BCUT2D eigenvalue weighted by Gasteiger charge is -2.07. The van der Waals surface area contributed by atoms with Gasteiger partial charge >= 0.3 is 12.0 Å². The predicted molar refractivity (Wildman–Crippen MR) is 139 cm³/mol. The molecule has 0 radical (unpaired) electrons. The molecule has 180 valence electrons. The molecule has 0 fully saturated rings. The standard InChI is InChI=1S/C28H22ClN3O4/c1-3-35-20-12-9-18(10-13-20)17-5-7-19(8-6-17)25-23(29)15-24-26(31-25)32-28(30-24)36-21-11-4-16(2)22(14-21)27(33)34/h4-15H,3H2,1-2H3,(H,33,34)(H,30,31,32). The number of carbonyl (C=O) groups is 1. The Balaban J connectivity index is 1.40. The highest BCUT2D eigenvalue weighted by Gasteiger charge is 2.14. The van der Waals surface area contributed by atoms with Crippen molar-refractivity contribution in [2.24, 2.45) is 0 Å². The second kappa shape index (κ2) is 9.71. The van der Waals surface area contributed by atoms with Crippen molar-refractivity contribution >= 4 is 28.7 Å². The van der Waals surface area contributed by atoms with Gasteiger partial charge in [0.25, 0.3) is 0 Å². The molecule has 5 aromatic rings. The van der Waals surface area contributed by atoms with Crippen LogP contribution in [0.4, 0.5) is 0 Å². The number of ether oxygens (including phenoxy) is 2. The first-order chi connectivity index (χ1) is 17.4. The van der Waals surface area contributed by atoms with Gasteiger partial charge in [-0.2, -0.15) is 4.98 Å². The normalized spacial score (nSPS) is 11.0. The van der Waals surface area contributed by atoms with Gasteiger partial charge in [0.05, 0.1) is 28.4 Å². The zero-order chi connectivity index (χ0) is 25.2. The summed E-state index contributed by atoms with van der Waals surface area (Å²) in [6.45, 7) is 4.32. The van der Waals surface area contributed by atoms with Gasteiger partial charge in [0.2, 0.25) is 0 Å². The lowest BCUT2D eigenvalue weighted by molar-refractivity contribution is 0.0695. The number of fused-ring (bicyclic) bond motifs is 1. The van der Waals surface area contributed by atoms with Gasteiger partial charge in [-0.25, -0.2) is 9.78 Å². The fourth-order valence-electron chi connectivity index (χ4n) is 3.88. The monoisotopic (exact) mass is 499 g/mol. The summed E-state index contributed by atoms with van der Waals surface area (Å²) in [6.07, 6.45) is 0. The number of carboxylic acid groups (broad SMARTS) is 1. The lowest BCUT2D eigenvalue weighted by atomic mass is 10.0. The average Bonchev–Trinajstić information content (AvgIpc) is 3.26. The highest BCUT2D eigenvalue weighted by Crippen LogP contribution is 2.32. The quantitative estimate of drug-likeness (QED) is 0.247. The number of aryl methyl sites for hydroxylation is 1. The second-order valence-corrected chi connectivity index (χ2v) is 8.56. The molecule has 2 N–H and O–H groups in total. The van der Waals surface area contributed by atoms with Crippen LogP contribution in [0.1, 0.15) is 22.8 Å². The van der Waals surface area contributed by atoms with Crippen molar-refractivity contribution in [1.29, 1.82) is 0 Å². The Labute approximate surface area is 212 Å². The Bertz CT molecular complexity index is 1560. The van der Waals surface area contributed by atoms with Gasteiger partial charge in [-0.15, -0.1) is 0 Å². The summed E-state index contributed by atoms with van der Waals surface area (Å²) >= 11 is 6.55. The topological polar surface area (TPSA) is 97.3 Å². The first kappa shape index (κ1) is 23.4. The number of pyridine rings is 1. The van der Waals surface area contributed by atoms with Gasteiger partial charge < -0.3 is 19.6 Å². The first-order valence-electron chi connectivity index (χ1n) is 11.3. The Morgan fingerprint density at radius 1 is 0.917 bits per heavy atom. The van der Waals surface area contributed by atoms with E-state index >= 15 is 0 Å². The van der Waals surface area contributed by atoms with E-state index in [9.17, 15) is 9.90 Å². The third kappa shape index (κ3) is 4.74. The molecule has 7 nitrogen and oxygen atoms in total. The molecule has 2 heterocycles. The fourth-order valence-corrected chi connectivity index (χ4v) is 4.14. The number of H-pyrrole nitrogens is 1. The number of nitrogens with one attached hydrogen (secondary N) is 1. The molecule has 36 heavy (non-hydrogen) atoms. The van der Waals surface area contributed by atoms with Crippen LogP contribution < -0.4 is 9.47 Å². The van der Waals surface area contributed by atoms with E-state index in [2.05, 4.69) is 15.0 Å². The van der Waals surface area contributed by atoms with Crippen molar-refractivity contribution in [2.75, 3.05) is 6.61 Å². The van der Waals surface area contributed by atoms with E-state index in [1.54, 1.807) is 25.1 Å². The molecule has 0 aliphatic heterocycles. The summed E-state index contributed by atoms with van der Waals surface area (Å²) in [5.41, 5.74) is 5.45. The van der Waals surface area contributed by atoms with E-state index in [-0.39, 0.29) is 11.6 Å². The predicted octanol–water partition coefficient (Wildman–Crippen LogP) is 7.14. The van der Waals surface area contributed by atoms with E-state index in [4.69, 9.17) is 21.1 Å². The summed E-state index contributed by atoms with van der Waals surface area (Å²) in [5.74, 6) is 0.177. The molecule has 3 aromatic carbocycles. The van der Waals surface area contributed by atoms with Crippen molar-refractivity contribution < 1.29 is 19.4 Å². The van der Waals surface area contributed by atoms with Crippen LogP contribution in [0.5, 0.6) is 17.5 Å². The van der Waals surface area contributed by atoms with Gasteiger partial charge in [-0.3, -0.25) is 0 Å². The average molecular weight is 500 g/mol. The molecule has 0 aliphatic rings. The van der Waals surface area contributed by atoms with E-state index in [0.29, 0.717) is 39.8 Å². The molecular formula is C28H22ClN3O4. The van der Waals surface area contributed by atoms with Crippen LogP contribution >= 0.6 is 11.6 Å². The molecule has 0 bridgehead atoms. The molecule has 0 saturated heterocycles. The number of rotatable bonds is 7. The van der Waals surface area contributed by atoms with Gasteiger partial charge in [-0.1, -0.05) is 54.1 Å². The number of benzene rings is 3. The van der Waals surface area contributed by atoms with Crippen LogP contribution in [0.25, 0.3) is 33.5 Å². The van der Waals surface area contributed by atoms with Crippen molar-refractivity contribution in [3.63, 3.8) is 0 Å². The van der Waals surface area contributed by atoms with Crippen molar-refractivity contribution in [2.45, 2.75) is 13.8 Å². The summed E-state index contributed by atoms with van der Waals surface area (Å²) in [5, 5.41) is 9.81. The van der Waals surface area contributed by atoms with Crippen LogP contribution in [-0.4, -0.2) is 32.6 Å². The molecule has 0 aliphatic carbocycles. The van der Waals surface area contributed by atoms with E-state index in [0.717, 1.165) is 22.4 Å². The number of aromatic nitrogens is 3. The second-order valence-electron chi connectivity index (χ2n) is 8.15. The number of carboxylic acids is 1. The number of aromatic amines is 1. The van der Waals surface area contributed by atoms with E-state index < -0.39 is 5.97 Å². The Hall–Kier alpha value is -4.36. The molecule has 2 aromatic heterocycles. The van der Waals surface area contributed by atoms with Gasteiger partial charge in [-0.05, 0) is 60.9 Å². The number of hydrogen-bond acceptors (Lipinski definition) is 5. The van der Waals surface area contributed by atoms with Crippen molar-refractivity contribution in [3.8, 4) is 39.9 Å².